The first-order chi connectivity index (χ1) is 21.4. The Morgan fingerprint density at radius 1 is 0.844 bits per heavy atom. The molecular formula is C32H37N3O8S2. The lowest BCUT2D eigenvalue weighted by molar-refractivity contribution is -0.0466. The molecule has 0 radical (unpaired) electrons. The Bertz CT molecular complexity index is 1770. The molecule has 0 unspecified atom stereocenters. The number of hydrogen-bond donors (Lipinski definition) is 1. The van der Waals surface area contributed by atoms with Gasteiger partial charge in [0.05, 0.1) is 38.0 Å². The van der Waals surface area contributed by atoms with Gasteiger partial charge in [-0.2, -0.15) is 17.8 Å². The van der Waals surface area contributed by atoms with E-state index in [0.717, 1.165) is 23.1 Å². The third kappa shape index (κ3) is 7.39. The number of methoxy groups -OCH3 is 2. The molecule has 4 aromatic rings. The molecule has 1 fully saturated rings. The summed E-state index contributed by atoms with van der Waals surface area (Å²) in [5.41, 5.74) is 1.41. The molecule has 11 nitrogen and oxygen atoms in total. The van der Waals surface area contributed by atoms with Crippen LogP contribution in [0.1, 0.15) is 41.6 Å². The van der Waals surface area contributed by atoms with Gasteiger partial charge in [0.25, 0.3) is 20.1 Å². The van der Waals surface area contributed by atoms with Gasteiger partial charge in [-0.15, -0.1) is 0 Å². The normalized spacial score (nSPS) is 14.7. The Morgan fingerprint density at radius 2 is 1.38 bits per heavy atom. The Hall–Kier alpha value is -3.75. The smallest absolute Gasteiger partial charge is 0.297 e. The minimum Gasteiger partial charge on any atom is -0.497 e. The monoisotopic (exact) mass is 655 g/mol. The van der Waals surface area contributed by atoms with Crippen LogP contribution in [0.25, 0.3) is 0 Å². The Kier molecular flexibility index (Phi) is 9.65. The molecule has 1 aliphatic rings. The van der Waals surface area contributed by atoms with Crippen molar-refractivity contribution in [2.75, 3.05) is 20.8 Å². The van der Waals surface area contributed by atoms with Crippen molar-refractivity contribution in [2.24, 2.45) is 0 Å². The zero-order chi connectivity index (χ0) is 32.2. The van der Waals surface area contributed by atoms with Gasteiger partial charge in [-0.05, 0) is 73.7 Å². The van der Waals surface area contributed by atoms with Crippen molar-refractivity contribution >= 4 is 20.1 Å². The van der Waals surface area contributed by atoms with Crippen LogP contribution in [0.2, 0.25) is 0 Å². The van der Waals surface area contributed by atoms with E-state index < -0.39 is 25.7 Å². The second-order valence-electron chi connectivity index (χ2n) is 11.0. The fourth-order valence-corrected chi connectivity index (χ4v) is 7.33. The largest absolute Gasteiger partial charge is 0.497 e. The molecule has 1 N–H and O–H groups in total. The zero-order valence-electron chi connectivity index (χ0n) is 25.4. The SMILES string of the molecule is COc1ccc(CN(Cc2ccc(OC)cc2)S(=O)(=O)c2cc(C3(O)CCC3)n(CCOS(=O)(=O)c3ccc(C)cc3)n2)cc1. The number of hydrogen-bond acceptors (Lipinski definition) is 9. The zero-order valence-corrected chi connectivity index (χ0v) is 27.1. The summed E-state index contributed by atoms with van der Waals surface area (Å²) in [5.74, 6) is 1.29. The summed E-state index contributed by atoms with van der Waals surface area (Å²) >= 11 is 0. The summed E-state index contributed by atoms with van der Waals surface area (Å²) in [7, 11) is -5.14. The fourth-order valence-electron chi connectivity index (χ4n) is 5.07. The van der Waals surface area contributed by atoms with Gasteiger partial charge in [-0.25, -0.2) is 8.42 Å². The molecule has 45 heavy (non-hydrogen) atoms. The molecule has 0 atom stereocenters. The highest BCUT2D eigenvalue weighted by Crippen LogP contribution is 2.42. The average Bonchev–Trinajstić information content (AvgIpc) is 3.46. The molecule has 13 heteroatoms. The van der Waals surface area contributed by atoms with Crippen molar-refractivity contribution in [1.29, 1.82) is 0 Å². The number of aliphatic hydroxyl groups is 1. The summed E-state index contributed by atoms with van der Waals surface area (Å²) in [6.45, 7) is 1.55. The second kappa shape index (κ2) is 13.3. The number of aryl methyl sites for hydroxylation is 1. The van der Waals surface area contributed by atoms with Gasteiger partial charge in [-0.1, -0.05) is 42.0 Å². The van der Waals surface area contributed by atoms with Crippen molar-refractivity contribution in [3.63, 3.8) is 0 Å². The van der Waals surface area contributed by atoms with Crippen LogP contribution in [0, 0.1) is 6.92 Å². The summed E-state index contributed by atoms with van der Waals surface area (Å²) in [5, 5.41) is 15.4. The van der Waals surface area contributed by atoms with Gasteiger partial charge in [0.2, 0.25) is 0 Å². The first-order valence-corrected chi connectivity index (χ1v) is 17.3. The minimum absolute atomic E-state index is 0.0161. The number of benzene rings is 3. The highest BCUT2D eigenvalue weighted by Gasteiger charge is 2.41. The van der Waals surface area contributed by atoms with Crippen molar-refractivity contribution < 1.29 is 35.6 Å². The summed E-state index contributed by atoms with van der Waals surface area (Å²) in [4.78, 5) is 0.0161. The summed E-state index contributed by atoms with van der Waals surface area (Å²) in [6, 6.07) is 21.9. The molecule has 1 aliphatic carbocycles. The van der Waals surface area contributed by atoms with Gasteiger partial charge in [0.15, 0.2) is 5.03 Å². The molecule has 0 bridgehead atoms. The standard InChI is InChI=1S/C32H37N3O8S2/c1-24-5-15-29(16-6-24)45(39,40)43-20-19-35-30(32(36)17-4-18-32)21-31(33-35)44(37,38)34(22-25-7-11-27(41-2)12-8-25)23-26-9-13-28(42-3)14-10-26/h5-16,21,36H,4,17-20,22-23H2,1-3H3. The first-order valence-electron chi connectivity index (χ1n) is 14.5. The van der Waals surface area contributed by atoms with Crippen molar-refractivity contribution in [2.45, 2.75) is 61.3 Å². The van der Waals surface area contributed by atoms with E-state index in [2.05, 4.69) is 5.10 Å². The molecule has 0 saturated heterocycles. The molecule has 3 aromatic carbocycles. The van der Waals surface area contributed by atoms with Crippen LogP contribution in [0.15, 0.2) is 88.8 Å². The Balaban J connectivity index is 1.44. The molecule has 5 rings (SSSR count). The maximum Gasteiger partial charge on any atom is 0.297 e. The molecule has 240 valence electrons. The molecular weight excluding hydrogens is 618 g/mol. The van der Waals surface area contributed by atoms with Crippen LogP contribution in [-0.4, -0.2) is 56.9 Å². The summed E-state index contributed by atoms with van der Waals surface area (Å²) in [6.07, 6.45) is 1.63. The maximum absolute atomic E-state index is 14.2. The van der Waals surface area contributed by atoms with Crippen molar-refractivity contribution in [1.82, 2.24) is 14.1 Å². The lowest BCUT2D eigenvalue weighted by Crippen LogP contribution is -2.36. The van der Waals surface area contributed by atoms with Gasteiger partial charge in [0.1, 0.15) is 17.1 Å². The molecule has 0 spiro atoms. The van der Waals surface area contributed by atoms with Crippen LogP contribution in [-0.2, 0) is 49.6 Å². The van der Waals surface area contributed by atoms with E-state index in [4.69, 9.17) is 13.7 Å². The lowest BCUT2D eigenvalue weighted by Gasteiger charge is -2.36. The highest BCUT2D eigenvalue weighted by molar-refractivity contribution is 7.89. The average molecular weight is 656 g/mol. The topological polar surface area (TPSA) is 137 Å². The van der Waals surface area contributed by atoms with Crippen molar-refractivity contribution in [3.8, 4) is 11.5 Å². The lowest BCUT2D eigenvalue weighted by atomic mass is 9.78. The van der Waals surface area contributed by atoms with Crippen LogP contribution < -0.4 is 9.47 Å². The van der Waals surface area contributed by atoms with Gasteiger partial charge in [0, 0.05) is 19.2 Å². The maximum atomic E-state index is 14.2. The molecule has 0 aliphatic heterocycles. The predicted molar refractivity (Wildman–Crippen MR) is 167 cm³/mol. The molecule has 1 aromatic heterocycles. The van der Waals surface area contributed by atoms with Crippen LogP contribution in [0.4, 0.5) is 0 Å². The molecule has 1 heterocycles. The number of aromatic nitrogens is 2. The quantitative estimate of drug-likeness (QED) is 0.196. The van der Waals surface area contributed by atoms with E-state index in [1.165, 1.54) is 27.2 Å². The Labute approximate surface area is 264 Å². The van der Waals surface area contributed by atoms with Crippen LogP contribution in [0.5, 0.6) is 11.5 Å². The van der Waals surface area contributed by atoms with E-state index >= 15 is 0 Å². The van der Waals surface area contributed by atoms with Gasteiger partial charge >= 0.3 is 0 Å². The third-order valence-corrected chi connectivity index (χ3v) is 10.9. The molecule has 0 amide bonds. The van der Waals surface area contributed by atoms with Crippen LogP contribution >= 0.6 is 0 Å². The number of nitrogens with zero attached hydrogens (tertiary/aromatic N) is 3. The van der Waals surface area contributed by atoms with E-state index in [1.54, 1.807) is 74.9 Å². The van der Waals surface area contributed by atoms with Gasteiger partial charge < -0.3 is 14.6 Å². The molecule has 1 saturated carbocycles. The first kappa shape index (κ1) is 32.6. The van der Waals surface area contributed by atoms with Crippen LogP contribution in [0.3, 0.4) is 0 Å². The number of rotatable bonds is 14. The van der Waals surface area contributed by atoms with E-state index in [1.807, 2.05) is 6.92 Å². The number of sulfonamides is 1. The Morgan fingerprint density at radius 3 is 1.84 bits per heavy atom. The minimum atomic E-state index is -4.21. The van der Waals surface area contributed by atoms with E-state index in [0.29, 0.717) is 30.0 Å². The predicted octanol–water partition coefficient (Wildman–Crippen LogP) is 4.38. The third-order valence-electron chi connectivity index (χ3n) is 7.91. The highest BCUT2D eigenvalue weighted by atomic mass is 32.2. The summed E-state index contributed by atoms with van der Waals surface area (Å²) < 4.78 is 72.4. The van der Waals surface area contributed by atoms with Crippen molar-refractivity contribution in [3.05, 3.63) is 101 Å². The fraction of sp³-hybridized carbons (Fsp3) is 0.344. The second-order valence-corrected chi connectivity index (χ2v) is 14.5. The number of ether oxygens (including phenoxy) is 2. The van der Waals surface area contributed by atoms with Gasteiger partial charge in [-0.3, -0.25) is 8.86 Å². The van der Waals surface area contributed by atoms with E-state index in [-0.39, 0.29) is 36.2 Å². The van der Waals surface area contributed by atoms with E-state index in [9.17, 15) is 21.9 Å².